The summed E-state index contributed by atoms with van der Waals surface area (Å²) in [6, 6.07) is 15.2. The number of nitrogens with one attached hydrogen (secondary N) is 2. The molecule has 2 aromatic rings. The fourth-order valence-electron chi connectivity index (χ4n) is 4.32. The first-order chi connectivity index (χ1) is 15.4. The van der Waals surface area contributed by atoms with Gasteiger partial charge in [-0.05, 0) is 41.5 Å². The number of benzene rings is 2. The van der Waals surface area contributed by atoms with Crippen molar-refractivity contribution >= 4 is 18.0 Å². The van der Waals surface area contributed by atoms with Gasteiger partial charge in [-0.15, -0.1) is 6.58 Å². The highest BCUT2D eigenvalue weighted by Gasteiger charge is 2.46. The molecular weight excluding hydrogens is 408 g/mol. The standard InChI is InChI=1S/C25H26N2O5/c1-2-7-21(23(30)27-25(12-13-25)14-22(28)29)26-24(31)32-15-20-18-10-5-3-8-16(18)17-9-4-6-11-19(17)20/h2-6,8-11,20-21H,1,7,12-15H2,(H,26,31)(H,27,30)(H,28,29). The van der Waals surface area contributed by atoms with Crippen LogP contribution in [0.15, 0.2) is 61.2 Å². The summed E-state index contributed by atoms with van der Waals surface area (Å²) in [6.07, 6.45) is 2.12. The molecule has 166 valence electrons. The lowest BCUT2D eigenvalue weighted by atomic mass is 9.98. The second-order valence-corrected chi connectivity index (χ2v) is 8.39. The van der Waals surface area contributed by atoms with Crippen LogP contribution in [-0.4, -0.2) is 41.3 Å². The minimum absolute atomic E-state index is 0.0786. The van der Waals surface area contributed by atoms with Gasteiger partial charge >= 0.3 is 12.1 Å². The van der Waals surface area contributed by atoms with Gasteiger partial charge in [-0.25, -0.2) is 4.79 Å². The molecule has 0 heterocycles. The number of carboxylic acid groups (broad SMARTS) is 1. The molecule has 32 heavy (non-hydrogen) atoms. The highest BCUT2D eigenvalue weighted by atomic mass is 16.5. The van der Waals surface area contributed by atoms with Gasteiger partial charge in [0.05, 0.1) is 12.0 Å². The number of carbonyl (C=O) groups excluding carboxylic acids is 2. The molecule has 2 aliphatic carbocycles. The zero-order valence-corrected chi connectivity index (χ0v) is 17.7. The molecule has 0 aromatic heterocycles. The van der Waals surface area contributed by atoms with E-state index in [9.17, 15) is 14.4 Å². The summed E-state index contributed by atoms with van der Waals surface area (Å²) < 4.78 is 5.52. The number of aliphatic carboxylic acids is 1. The van der Waals surface area contributed by atoms with Crippen LogP contribution in [0.1, 0.15) is 42.7 Å². The third-order valence-corrected chi connectivity index (χ3v) is 6.09. The molecule has 0 saturated heterocycles. The second kappa shape index (κ2) is 8.86. The van der Waals surface area contributed by atoms with E-state index in [1.54, 1.807) is 0 Å². The minimum Gasteiger partial charge on any atom is -0.481 e. The molecule has 0 bridgehead atoms. The van der Waals surface area contributed by atoms with Crippen LogP contribution in [0.2, 0.25) is 0 Å². The van der Waals surface area contributed by atoms with Gasteiger partial charge in [-0.2, -0.15) is 0 Å². The molecule has 0 spiro atoms. The summed E-state index contributed by atoms with van der Waals surface area (Å²) in [5.41, 5.74) is 3.76. The molecule has 1 saturated carbocycles. The molecule has 7 heteroatoms. The topological polar surface area (TPSA) is 105 Å². The Balaban J connectivity index is 1.39. The van der Waals surface area contributed by atoms with Gasteiger partial charge in [0.25, 0.3) is 0 Å². The van der Waals surface area contributed by atoms with Gasteiger partial charge in [0.1, 0.15) is 12.6 Å². The molecule has 0 aliphatic heterocycles. The van der Waals surface area contributed by atoms with E-state index in [1.165, 1.54) is 6.08 Å². The molecule has 0 radical (unpaired) electrons. The summed E-state index contributed by atoms with van der Waals surface area (Å²) in [5.74, 6) is -1.48. The van der Waals surface area contributed by atoms with E-state index in [4.69, 9.17) is 9.84 Å². The predicted molar refractivity (Wildman–Crippen MR) is 119 cm³/mol. The van der Waals surface area contributed by atoms with Crippen LogP contribution in [-0.2, 0) is 14.3 Å². The van der Waals surface area contributed by atoms with Crippen molar-refractivity contribution in [3.63, 3.8) is 0 Å². The second-order valence-electron chi connectivity index (χ2n) is 8.39. The number of carboxylic acids is 1. The van der Waals surface area contributed by atoms with Gasteiger partial charge in [0.15, 0.2) is 0 Å². The number of rotatable bonds is 9. The Bertz CT molecular complexity index is 1010. The van der Waals surface area contributed by atoms with Crippen LogP contribution < -0.4 is 10.6 Å². The molecule has 2 aliphatic rings. The summed E-state index contributed by atoms with van der Waals surface area (Å²) in [6.45, 7) is 3.79. The van der Waals surface area contributed by atoms with E-state index >= 15 is 0 Å². The first-order valence-corrected chi connectivity index (χ1v) is 10.7. The third kappa shape index (κ3) is 4.51. The first-order valence-electron chi connectivity index (χ1n) is 10.7. The fourth-order valence-corrected chi connectivity index (χ4v) is 4.32. The summed E-state index contributed by atoms with van der Waals surface area (Å²) in [4.78, 5) is 36.2. The zero-order valence-electron chi connectivity index (χ0n) is 17.7. The normalized spacial score (nSPS) is 16.2. The largest absolute Gasteiger partial charge is 0.481 e. The van der Waals surface area contributed by atoms with Crippen LogP contribution >= 0.6 is 0 Å². The van der Waals surface area contributed by atoms with Crippen LogP contribution in [0.4, 0.5) is 4.79 Å². The van der Waals surface area contributed by atoms with Crippen molar-refractivity contribution in [3.05, 3.63) is 72.3 Å². The van der Waals surface area contributed by atoms with Crippen LogP contribution in [0.3, 0.4) is 0 Å². The van der Waals surface area contributed by atoms with E-state index < -0.39 is 29.6 Å². The first kappa shape index (κ1) is 21.6. The van der Waals surface area contributed by atoms with Crippen molar-refractivity contribution in [2.24, 2.45) is 0 Å². The molecule has 4 rings (SSSR count). The molecule has 7 nitrogen and oxygen atoms in total. The smallest absolute Gasteiger partial charge is 0.407 e. The van der Waals surface area contributed by atoms with E-state index in [2.05, 4.69) is 29.3 Å². The van der Waals surface area contributed by atoms with Crippen LogP contribution in [0, 0.1) is 0 Å². The van der Waals surface area contributed by atoms with Gasteiger partial charge < -0.3 is 20.5 Å². The van der Waals surface area contributed by atoms with Gasteiger partial charge in [-0.1, -0.05) is 54.6 Å². The highest BCUT2D eigenvalue weighted by Crippen LogP contribution is 2.44. The van der Waals surface area contributed by atoms with Crippen molar-refractivity contribution in [1.29, 1.82) is 0 Å². The van der Waals surface area contributed by atoms with Crippen molar-refractivity contribution in [3.8, 4) is 11.1 Å². The Labute approximate surface area is 186 Å². The monoisotopic (exact) mass is 434 g/mol. The maximum atomic E-state index is 12.7. The average molecular weight is 434 g/mol. The van der Waals surface area contributed by atoms with Crippen LogP contribution in [0.5, 0.6) is 0 Å². The van der Waals surface area contributed by atoms with E-state index in [1.807, 2.05) is 36.4 Å². The van der Waals surface area contributed by atoms with Crippen molar-refractivity contribution < 1.29 is 24.2 Å². The predicted octanol–water partition coefficient (Wildman–Crippen LogP) is 3.59. The van der Waals surface area contributed by atoms with Gasteiger partial charge in [0, 0.05) is 5.92 Å². The molecule has 1 atom stereocenters. The Hall–Kier alpha value is -3.61. The van der Waals surface area contributed by atoms with Crippen LogP contribution in [0.25, 0.3) is 11.1 Å². The number of carbonyl (C=O) groups is 3. The number of ether oxygens (including phenoxy) is 1. The number of hydrogen-bond donors (Lipinski definition) is 3. The van der Waals surface area contributed by atoms with Crippen molar-refractivity contribution in [1.82, 2.24) is 10.6 Å². The molecule has 2 aromatic carbocycles. The molecule has 1 unspecified atom stereocenters. The Kier molecular flexibility index (Phi) is 5.99. The maximum absolute atomic E-state index is 12.7. The number of hydrogen-bond acceptors (Lipinski definition) is 4. The third-order valence-electron chi connectivity index (χ3n) is 6.09. The number of amides is 2. The summed E-state index contributed by atoms with van der Waals surface area (Å²) in [7, 11) is 0. The van der Waals surface area contributed by atoms with E-state index in [0.717, 1.165) is 22.3 Å². The van der Waals surface area contributed by atoms with Gasteiger partial charge in [0.2, 0.25) is 5.91 Å². The average Bonchev–Trinajstić information content (AvgIpc) is 3.43. The van der Waals surface area contributed by atoms with Crippen molar-refractivity contribution in [2.75, 3.05) is 6.61 Å². The lowest BCUT2D eigenvalue weighted by Crippen LogP contribution is -2.51. The lowest BCUT2D eigenvalue weighted by molar-refractivity contribution is -0.138. The summed E-state index contributed by atoms with van der Waals surface area (Å²) in [5, 5.41) is 14.4. The molecular formula is C25H26N2O5. The SMILES string of the molecule is C=CCC(NC(=O)OCC1c2ccccc2-c2ccccc21)C(=O)NC1(CC(=O)O)CC1. The van der Waals surface area contributed by atoms with Crippen molar-refractivity contribution in [2.45, 2.75) is 43.2 Å². The number of fused-ring (bicyclic) bond motifs is 3. The number of alkyl carbamates (subject to hydrolysis) is 1. The van der Waals surface area contributed by atoms with E-state index in [-0.39, 0.29) is 25.4 Å². The zero-order chi connectivity index (χ0) is 22.7. The molecule has 2 amide bonds. The molecule has 3 N–H and O–H groups in total. The maximum Gasteiger partial charge on any atom is 0.407 e. The van der Waals surface area contributed by atoms with E-state index in [0.29, 0.717) is 12.8 Å². The molecule has 1 fully saturated rings. The fraction of sp³-hybridized carbons (Fsp3) is 0.320. The Morgan fingerprint density at radius 3 is 2.22 bits per heavy atom. The lowest BCUT2D eigenvalue weighted by Gasteiger charge is -2.22. The highest BCUT2D eigenvalue weighted by molar-refractivity contribution is 5.87. The summed E-state index contributed by atoms with van der Waals surface area (Å²) >= 11 is 0. The Morgan fingerprint density at radius 2 is 1.69 bits per heavy atom. The van der Waals surface area contributed by atoms with Gasteiger partial charge in [-0.3, -0.25) is 9.59 Å². The minimum atomic E-state index is -0.965. The quantitative estimate of drug-likeness (QED) is 0.523. The Morgan fingerprint density at radius 1 is 1.09 bits per heavy atom.